The number of carboxylic acids is 2. The van der Waals surface area contributed by atoms with Gasteiger partial charge in [0.15, 0.2) is 11.8 Å². The summed E-state index contributed by atoms with van der Waals surface area (Å²) in [7, 11) is 2.44. The van der Waals surface area contributed by atoms with Crippen LogP contribution in [0.3, 0.4) is 0 Å². The van der Waals surface area contributed by atoms with Gasteiger partial charge < -0.3 is 29.2 Å². The monoisotopic (exact) mass is 502 g/mol. The summed E-state index contributed by atoms with van der Waals surface area (Å²) in [6.45, 7) is 0.928. The fourth-order valence-electron chi connectivity index (χ4n) is 3.33. The number of carbonyl (C=O) groups is 4. The second-order valence-electron chi connectivity index (χ2n) is 7.93. The number of hydrogen-bond acceptors (Lipinski definition) is 8. The molecular formula is C26H30O10. The first-order valence-electron chi connectivity index (χ1n) is 11.3. The molecule has 0 saturated heterocycles. The van der Waals surface area contributed by atoms with Gasteiger partial charge >= 0.3 is 23.9 Å². The third kappa shape index (κ3) is 8.94. The Labute approximate surface area is 208 Å². The molecule has 0 unspecified atom stereocenters. The second-order valence-corrected chi connectivity index (χ2v) is 7.93. The molecule has 2 rings (SSSR count). The van der Waals surface area contributed by atoms with Crippen LogP contribution in [0.4, 0.5) is 0 Å². The van der Waals surface area contributed by atoms with E-state index in [2.05, 4.69) is 9.47 Å². The van der Waals surface area contributed by atoms with Crippen molar-refractivity contribution in [3.05, 3.63) is 59.7 Å². The van der Waals surface area contributed by atoms with Gasteiger partial charge in [-0.25, -0.2) is 0 Å². The Kier molecular flexibility index (Phi) is 11.2. The fourth-order valence-corrected chi connectivity index (χ4v) is 3.33. The lowest BCUT2D eigenvalue weighted by atomic mass is 9.99. The van der Waals surface area contributed by atoms with Crippen LogP contribution >= 0.6 is 0 Å². The fraction of sp³-hybridized carbons (Fsp3) is 0.385. The van der Waals surface area contributed by atoms with Crippen molar-refractivity contribution in [1.82, 2.24) is 0 Å². The lowest BCUT2D eigenvalue weighted by molar-refractivity contribution is -0.159. The molecule has 2 aromatic carbocycles. The molecule has 0 aliphatic carbocycles. The van der Waals surface area contributed by atoms with Crippen LogP contribution in [-0.4, -0.2) is 61.5 Å². The lowest BCUT2D eigenvalue weighted by Crippen LogP contribution is -2.28. The minimum Gasteiger partial charge on any atom is -0.494 e. The number of carboxylic acid groups (broad SMARTS) is 2. The van der Waals surface area contributed by atoms with E-state index in [0.29, 0.717) is 30.3 Å². The molecule has 36 heavy (non-hydrogen) atoms. The molecule has 194 valence electrons. The summed E-state index contributed by atoms with van der Waals surface area (Å²) in [4.78, 5) is 45.6. The van der Waals surface area contributed by atoms with E-state index >= 15 is 0 Å². The van der Waals surface area contributed by atoms with Crippen LogP contribution in [0.25, 0.3) is 0 Å². The van der Waals surface area contributed by atoms with E-state index in [1.165, 1.54) is 14.2 Å². The minimum atomic E-state index is -1.48. The van der Waals surface area contributed by atoms with Gasteiger partial charge in [0.1, 0.15) is 11.5 Å². The zero-order chi connectivity index (χ0) is 26.5. The van der Waals surface area contributed by atoms with Crippen molar-refractivity contribution in [3.63, 3.8) is 0 Å². The molecule has 0 atom stereocenters. The quantitative estimate of drug-likeness (QED) is 0.212. The summed E-state index contributed by atoms with van der Waals surface area (Å²) in [5, 5.41) is 17.9. The number of carbonyl (C=O) groups excluding carboxylic acids is 2. The van der Waals surface area contributed by atoms with Crippen LogP contribution in [0.5, 0.6) is 11.5 Å². The van der Waals surface area contributed by atoms with E-state index in [1.54, 1.807) is 48.5 Å². The molecule has 2 aromatic rings. The van der Waals surface area contributed by atoms with Crippen molar-refractivity contribution in [3.8, 4) is 11.5 Å². The molecule has 10 nitrogen and oxygen atoms in total. The number of methoxy groups -OCH3 is 2. The summed E-state index contributed by atoms with van der Waals surface area (Å²) in [5.74, 6) is -5.27. The van der Waals surface area contributed by atoms with Gasteiger partial charge in [-0.05, 0) is 61.1 Å². The third-order valence-corrected chi connectivity index (χ3v) is 5.37. The molecule has 0 saturated carbocycles. The summed E-state index contributed by atoms with van der Waals surface area (Å²) < 4.78 is 20.7. The normalized spacial score (nSPS) is 10.7. The molecule has 0 fully saturated rings. The summed E-state index contributed by atoms with van der Waals surface area (Å²) in [6, 6.07) is 13.7. The van der Waals surface area contributed by atoms with Crippen LogP contribution in [0.15, 0.2) is 48.5 Å². The summed E-state index contributed by atoms with van der Waals surface area (Å²) >= 11 is 0. The maximum Gasteiger partial charge on any atom is 0.320 e. The molecular weight excluding hydrogens is 472 g/mol. The maximum absolute atomic E-state index is 11.8. The van der Waals surface area contributed by atoms with E-state index in [4.69, 9.17) is 19.7 Å². The van der Waals surface area contributed by atoms with E-state index in [9.17, 15) is 19.2 Å². The highest BCUT2D eigenvalue weighted by molar-refractivity contribution is 5.95. The van der Waals surface area contributed by atoms with Gasteiger partial charge in [-0.3, -0.25) is 19.2 Å². The highest BCUT2D eigenvalue weighted by atomic mass is 16.5. The van der Waals surface area contributed by atoms with Crippen molar-refractivity contribution in [2.75, 3.05) is 27.4 Å². The van der Waals surface area contributed by atoms with Crippen molar-refractivity contribution in [2.45, 2.75) is 25.7 Å². The second kappa shape index (κ2) is 14.3. The number of benzene rings is 2. The number of esters is 2. The van der Waals surface area contributed by atoms with Gasteiger partial charge in [0, 0.05) is 0 Å². The minimum absolute atomic E-state index is 0.0968. The Hall–Kier alpha value is -4.08. The van der Waals surface area contributed by atoms with Crippen molar-refractivity contribution in [1.29, 1.82) is 0 Å². The first-order valence-corrected chi connectivity index (χ1v) is 11.3. The molecule has 0 aromatic heterocycles. The molecule has 0 spiro atoms. The van der Waals surface area contributed by atoms with Gasteiger partial charge in [0.25, 0.3) is 0 Å². The SMILES string of the molecule is COC(=O)C(Cc1ccc(OCCCCOc2ccc(CC(C(=O)O)C(=O)O)cc2)cc1)C(=O)OC. The van der Waals surface area contributed by atoms with Crippen LogP contribution in [0.2, 0.25) is 0 Å². The van der Waals surface area contributed by atoms with Crippen LogP contribution in [0, 0.1) is 11.8 Å². The largest absolute Gasteiger partial charge is 0.494 e. The van der Waals surface area contributed by atoms with Crippen molar-refractivity contribution < 1.29 is 48.3 Å². The van der Waals surface area contributed by atoms with E-state index in [-0.39, 0.29) is 12.8 Å². The zero-order valence-corrected chi connectivity index (χ0v) is 20.2. The first kappa shape index (κ1) is 28.2. The molecule has 0 amide bonds. The highest BCUT2D eigenvalue weighted by Gasteiger charge is 2.29. The van der Waals surface area contributed by atoms with Gasteiger partial charge in [-0.2, -0.15) is 0 Å². The van der Waals surface area contributed by atoms with E-state index in [1.807, 2.05) is 0 Å². The molecule has 0 radical (unpaired) electrons. The molecule has 10 heteroatoms. The van der Waals surface area contributed by atoms with Crippen LogP contribution in [0.1, 0.15) is 24.0 Å². The molecule has 0 aliphatic rings. The Morgan fingerprint density at radius 1 is 0.639 bits per heavy atom. The number of unbranched alkanes of at least 4 members (excludes halogenated alkanes) is 1. The summed E-state index contributed by atoms with van der Waals surface area (Å²) in [5.41, 5.74) is 1.37. The third-order valence-electron chi connectivity index (χ3n) is 5.37. The number of aliphatic carboxylic acids is 2. The van der Waals surface area contributed by atoms with Crippen molar-refractivity contribution in [2.24, 2.45) is 11.8 Å². The lowest BCUT2D eigenvalue weighted by Gasteiger charge is -2.13. The first-order chi connectivity index (χ1) is 17.2. The van der Waals surface area contributed by atoms with Gasteiger partial charge in [-0.1, -0.05) is 24.3 Å². The van der Waals surface area contributed by atoms with Gasteiger partial charge in [0.05, 0.1) is 27.4 Å². The van der Waals surface area contributed by atoms with Crippen molar-refractivity contribution >= 4 is 23.9 Å². The molecule has 0 aliphatic heterocycles. The standard InChI is InChI=1S/C26H30O10/c1-33-25(31)22(26(32)34-2)16-18-7-11-20(12-8-18)36-14-4-3-13-35-19-9-5-17(6-10-19)15-21(23(27)28)24(29)30/h5-12,21-22H,3-4,13-16H2,1-2H3,(H,27,28)(H,29,30). The maximum atomic E-state index is 11.8. The average Bonchev–Trinajstić information content (AvgIpc) is 2.88. The Bertz CT molecular complexity index is 984. The summed E-state index contributed by atoms with van der Waals surface area (Å²) in [6.07, 6.45) is 1.55. The van der Waals surface area contributed by atoms with Crippen LogP contribution in [-0.2, 0) is 41.5 Å². The van der Waals surface area contributed by atoms with Crippen LogP contribution < -0.4 is 9.47 Å². The zero-order valence-electron chi connectivity index (χ0n) is 20.2. The number of hydrogen-bond donors (Lipinski definition) is 2. The van der Waals surface area contributed by atoms with Gasteiger partial charge in [-0.15, -0.1) is 0 Å². The molecule has 2 N–H and O–H groups in total. The smallest absolute Gasteiger partial charge is 0.320 e. The topological polar surface area (TPSA) is 146 Å². The van der Waals surface area contributed by atoms with E-state index in [0.717, 1.165) is 18.4 Å². The predicted molar refractivity (Wildman–Crippen MR) is 127 cm³/mol. The average molecular weight is 503 g/mol. The number of ether oxygens (including phenoxy) is 4. The predicted octanol–water partition coefficient (Wildman–Crippen LogP) is 2.76. The number of rotatable bonds is 15. The van der Waals surface area contributed by atoms with Gasteiger partial charge in [0.2, 0.25) is 0 Å². The Morgan fingerprint density at radius 3 is 1.33 bits per heavy atom. The molecule has 0 bridgehead atoms. The molecule has 0 heterocycles. The van der Waals surface area contributed by atoms with E-state index < -0.39 is 35.7 Å². The Balaban J connectivity index is 1.70. The Morgan fingerprint density at radius 2 is 1.00 bits per heavy atom. The highest BCUT2D eigenvalue weighted by Crippen LogP contribution is 2.18.